The highest BCUT2D eigenvalue weighted by molar-refractivity contribution is 7.92. The molecule has 6 nitrogen and oxygen atoms in total. The molecule has 1 atom stereocenters. The zero-order valence-corrected chi connectivity index (χ0v) is 17.0. The van der Waals surface area contributed by atoms with E-state index in [0.717, 1.165) is 12.8 Å². The predicted octanol–water partition coefficient (Wildman–Crippen LogP) is 3.33. The Morgan fingerprint density at radius 1 is 0.966 bits per heavy atom. The molecule has 0 amide bonds. The SMILES string of the molecule is CC1CCCN(S(=O)(=O)c2ccc(NS(=O)(=O)c3ccc(F)c(F)c3F)cc2)C1. The lowest BCUT2D eigenvalue weighted by atomic mass is 10.0. The van der Waals surface area contributed by atoms with E-state index < -0.39 is 42.4 Å². The number of piperidine rings is 1. The molecule has 0 radical (unpaired) electrons. The summed E-state index contributed by atoms with van der Waals surface area (Å²) in [4.78, 5) is -1.07. The molecule has 0 aliphatic carbocycles. The minimum Gasteiger partial charge on any atom is -0.280 e. The van der Waals surface area contributed by atoms with Gasteiger partial charge in [-0.1, -0.05) is 6.92 Å². The molecule has 1 aliphatic heterocycles. The highest BCUT2D eigenvalue weighted by Gasteiger charge is 2.29. The summed E-state index contributed by atoms with van der Waals surface area (Å²) in [6, 6.07) is 5.97. The number of nitrogens with zero attached hydrogens (tertiary/aromatic N) is 1. The van der Waals surface area contributed by atoms with E-state index >= 15 is 0 Å². The van der Waals surface area contributed by atoms with Gasteiger partial charge in [0.1, 0.15) is 4.90 Å². The summed E-state index contributed by atoms with van der Waals surface area (Å²) in [5, 5.41) is 0. The van der Waals surface area contributed by atoms with Crippen molar-refractivity contribution >= 4 is 25.7 Å². The quantitative estimate of drug-likeness (QED) is 0.712. The average molecular weight is 448 g/mol. The van der Waals surface area contributed by atoms with Gasteiger partial charge in [-0.25, -0.2) is 30.0 Å². The lowest BCUT2D eigenvalue weighted by molar-refractivity contribution is 0.281. The molecule has 1 saturated heterocycles. The Kier molecular flexibility index (Phi) is 5.93. The Bertz CT molecular complexity index is 1120. The highest BCUT2D eigenvalue weighted by atomic mass is 32.2. The van der Waals surface area contributed by atoms with Crippen molar-refractivity contribution in [1.29, 1.82) is 0 Å². The molecule has 1 fully saturated rings. The van der Waals surface area contributed by atoms with Crippen LogP contribution in [0.4, 0.5) is 18.9 Å². The lowest BCUT2D eigenvalue weighted by Crippen LogP contribution is -2.39. The monoisotopic (exact) mass is 448 g/mol. The summed E-state index contributed by atoms with van der Waals surface area (Å²) in [7, 11) is -8.27. The first-order chi connectivity index (χ1) is 13.5. The number of hydrogen-bond acceptors (Lipinski definition) is 4. The van der Waals surface area contributed by atoms with E-state index in [1.165, 1.54) is 28.6 Å². The number of sulfonamides is 2. The van der Waals surface area contributed by atoms with Crippen LogP contribution < -0.4 is 4.72 Å². The molecule has 2 aromatic carbocycles. The maximum atomic E-state index is 13.8. The molecule has 1 unspecified atom stereocenters. The van der Waals surface area contributed by atoms with Crippen molar-refractivity contribution in [2.45, 2.75) is 29.6 Å². The second-order valence-corrected chi connectivity index (χ2v) is 10.5. The summed E-state index contributed by atoms with van der Waals surface area (Å²) >= 11 is 0. The third-order valence-corrected chi connectivity index (χ3v) is 7.93. The van der Waals surface area contributed by atoms with E-state index in [-0.39, 0.29) is 16.5 Å². The molecule has 1 N–H and O–H groups in total. The molecule has 0 spiro atoms. The molecule has 1 heterocycles. The van der Waals surface area contributed by atoms with Crippen molar-refractivity contribution in [3.63, 3.8) is 0 Å². The van der Waals surface area contributed by atoms with Crippen LogP contribution in [-0.4, -0.2) is 34.2 Å². The van der Waals surface area contributed by atoms with E-state index in [9.17, 15) is 30.0 Å². The highest BCUT2D eigenvalue weighted by Crippen LogP contribution is 2.26. The molecule has 3 rings (SSSR count). The maximum absolute atomic E-state index is 13.8. The van der Waals surface area contributed by atoms with Crippen molar-refractivity contribution in [3.05, 3.63) is 53.8 Å². The zero-order chi connectivity index (χ0) is 21.4. The van der Waals surface area contributed by atoms with Gasteiger partial charge in [0, 0.05) is 18.8 Å². The van der Waals surface area contributed by atoms with Gasteiger partial charge in [0.2, 0.25) is 10.0 Å². The molecule has 11 heteroatoms. The number of nitrogens with one attached hydrogen (secondary N) is 1. The Labute approximate surface area is 167 Å². The molecular weight excluding hydrogens is 429 g/mol. The Morgan fingerprint density at radius 2 is 1.62 bits per heavy atom. The summed E-state index contributed by atoms with van der Waals surface area (Å²) in [5.41, 5.74) is -0.0555. The molecule has 29 heavy (non-hydrogen) atoms. The Balaban J connectivity index is 1.83. The smallest absolute Gasteiger partial charge is 0.264 e. The number of hydrogen-bond donors (Lipinski definition) is 1. The van der Waals surface area contributed by atoms with Crippen LogP contribution >= 0.6 is 0 Å². The standard InChI is InChI=1S/C18H19F3N2O4S2/c1-12-3-2-10-23(11-12)29(26,27)14-6-4-13(5-7-14)22-28(24,25)16-9-8-15(19)17(20)18(16)21/h4-9,12,22H,2-3,10-11H2,1H3. The first-order valence-corrected chi connectivity index (χ1v) is 11.7. The summed E-state index contributed by atoms with van der Waals surface area (Å²) < 4.78 is 93.6. The van der Waals surface area contributed by atoms with Gasteiger partial charge in [-0.05, 0) is 55.2 Å². The molecule has 158 valence electrons. The second kappa shape index (κ2) is 7.96. The second-order valence-electron chi connectivity index (χ2n) is 6.91. The van der Waals surface area contributed by atoms with E-state index in [4.69, 9.17) is 0 Å². The van der Waals surface area contributed by atoms with Crippen LogP contribution in [0.3, 0.4) is 0 Å². The van der Waals surface area contributed by atoms with Crippen LogP contribution in [0.15, 0.2) is 46.2 Å². The van der Waals surface area contributed by atoms with Gasteiger partial charge in [-0.15, -0.1) is 0 Å². The number of anilines is 1. The van der Waals surface area contributed by atoms with Crippen molar-refractivity contribution in [2.24, 2.45) is 5.92 Å². The minimum atomic E-state index is -4.55. The fourth-order valence-electron chi connectivity index (χ4n) is 3.13. The van der Waals surface area contributed by atoms with Gasteiger partial charge in [0.15, 0.2) is 17.5 Å². The van der Waals surface area contributed by atoms with Crippen molar-refractivity contribution in [1.82, 2.24) is 4.31 Å². The van der Waals surface area contributed by atoms with Crippen molar-refractivity contribution in [3.8, 4) is 0 Å². The first-order valence-electron chi connectivity index (χ1n) is 8.79. The number of rotatable bonds is 5. The summed E-state index contributed by atoms with van der Waals surface area (Å²) in [6.07, 6.45) is 1.71. The van der Waals surface area contributed by atoms with Crippen LogP contribution in [0.25, 0.3) is 0 Å². The minimum absolute atomic E-state index is 0.00597. The van der Waals surface area contributed by atoms with Crippen LogP contribution in [0.1, 0.15) is 19.8 Å². The Morgan fingerprint density at radius 3 is 2.24 bits per heavy atom. The maximum Gasteiger partial charge on any atom is 0.264 e. The van der Waals surface area contributed by atoms with Crippen molar-refractivity contribution in [2.75, 3.05) is 17.8 Å². The van der Waals surface area contributed by atoms with Crippen LogP contribution in [0.2, 0.25) is 0 Å². The van der Waals surface area contributed by atoms with Gasteiger partial charge >= 0.3 is 0 Å². The molecular formula is C18H19F3N2O4S2. The summed E-state index contributed by atoms with van der Waals surface area (Å²) in [5.74, 6) is -5.00. The van der Waals surface area contributed by atoms with Gasteiger partial charge in [0.05, 0.1) is 4.90 Å². The number of benzene rings is 2. The van der Waals surface area contributed by atoms with Gasteiger partial charge < -0.3 is 0 Å². The van der Waals surface area contributed by atoms with E-state index in [0.29, 0.717) is 25.2 Å². The van der Waals surface area contributed by atoms with E-state index in [1.54, 1.807) is 0 Å². The third kappa shape index (κ3) is 4.41. The predicted molar refractivity (Wildman–Crippen MR) is 101 cm³/mol. The van der Waals surface area contributed by atoms with Gasteiger partial charge in [0.25, 0.3) is 10.0 Å². The van der Waals surface area contributed by atoms with Crippen LogP contribution in [-0.2, 0) is 20.0 Å². The topological polar surface area (TPSA) is 83.6 Å². The molecule has 1 aliphatic rings. The van der Waals surface area contributed by atoms with Crippen molar-refractivity contribution < 1.29 is 30.0 Å². The van der Waals surface area contributed by atoms with E-state index in [1.807, 2.05) is 11.6 Å². The number of halogens is 3. The van der Waals surface area contributed by atoms with E-state index in [2.05, 4.69) is 0 Å². The largest absolute Gasteiger partial charge is 0.280 e. The Hall–Kier alpha value is -2.11. The average Bonchev–Trinajstić information content (AvgIpc) is 2.66. The fourth-order valence-corrected chi connectivity index (χ4v) is 5.86. The third-order valence-electron chi connectivity index (χ3n) is 4.65. The summed E-state index contributed by atoms with van der Waals surface area (Å²) in [6.45, 7) is 2.79. The molecule has 2 aromatic rings. The van der Waals surface area contributed by atoms with Gasteiger partial charge in [-0.3, -0.25) is 4.72 Å². The molecule has 0 bridgehead atoms. The molecule has 0 aromatic heterocycles. The van der Waals surface area contributed by atoms with Crippen LogP contribution in [0.5, 0.6) is 0 Å². The normalized spacial score (nSPS) is 18.6. The lowest BCUT2D eigenvalue weighted by Gasteiger charge is -2.30. The zero-order valence-electron chi connectivity index (χ0n) is 15.4. The first kappa shape index (κ1) is 21.6. The molecule has 0 saturated carbocycles. The van der Waals surface area contributed by atoms with Crippen LogP contribution in [0, 0.1) is 23.4 Å². The van der Waals surface area contributed by atoms with Gasteiger partial charge in [-0.2, -0.15) is 4.31 Å². The fraction of sp³-hybridized carbons (Fsp3) is 0.333.